The molecule has 0 saturated carbocycles. The van der Waals surface area contributed by atoms with Crippen LogP contribution in [0, 0.1) is 5.82 Å². The second-order valence-electron chi connectivity index (χ2n) is 9.85. The zero-order chi connectivity index (χ0) is 25.5. The predicted octanol–water partition coefficient (Wildman–Crippen LogP) is 5.26. The number of Topliss-reactive ketones (excluding diaryl/α,β-unsaturated/α-hetero) is 1. The Morgan fingerprint density at radius 3 is 2.86 bits per heavy atom. The smallest absolute Gasteiger partial charge is 0.320 e. The minimum atomic E-state index is -0.485. The fraction of sp³-hybridized carbons (Fsp3) is 0.310. The standard InChI is InChI=1S/C29H27FN4O3/c1-18-11-25-26(32-18)14-21(16-31-25)19-5-6-28-22(12-19)17-33(9-10-37-28)29(36)34-8-7-24(35)15-27(34)20-3-2-4-23(30)13-20/h2-6,12-14,16,27H,7-11,15,17H2,1H3. The molecule has 1 unspecified atom stereocenters. The highest BCUT2D eigenvalue weighted by molar-refractivity contribution is 5.92. The maximum Gasteiger partial charge on any atom is 0.320 e. The second-order valence-corrected chi connectivity index (χ2v) is 9.85. The van der Waals surface area contributed by atoms with E-state index in [-0.39, 0.29) is 24.1 Å². The summed E-state index contributed by atoms with van der Waals surface area (Å²) in [5.41, 5.74) is 6.43. The number of ether oxygens (including phenoxy) is 1. The molecule has 0 spiro atoms. The SMILES string of the molecule is CC1=Nc2cc(-c3ccc4c(c3)CN(C(=O)N3CCC(=O)CC3c3cccc(F)c3)CCO4)cnc2C1. The monoisotopic (exact) mass is 498 g/mol. The molecule has 2 aromatic carbocycles. The number of piperidine rings is 1. The number of halogens is 1. The third kappa shape index (κ3) is 4.59. The van der Waals surface area contributed by atoms with Gasteiger partial charge in [-0.3, -0.25) is 14.8 Å². The number of carbonyl (C=O) groups excluding carboxylic acids is 2. The summed E-state index contributed by atoms with van der Waals surface area (Å²) in [6, 6.07) is 13.5. The van der Waals surface area contributed by atoms with Crippen molar-refractivity contribution in [2.75, 3.05) is 19.7 Å². The minimum Gasteiger partial charge on any atom is -0.491 e. The van der Waals surface area contributed by atoms with Gasteiger partial charge in [0.15, 0.2) is 0 Å². The Bertz CT molecular complexity index is 1440. The van der Waals surface area contributed by atoms with Crippen molar-refractivity contribution in [2.24, 2.45) is 4.99 Å². The lowest BCUT2D eigenvalue weighted by atomic mass is 9.94. The molecule has 0 radical (unpaired) electrons. The molecule has 4 heterocycles. The van der Waals surface area contributed by atoms with Gasteiger partial charge in [-0.05, 0) is 48.4 Å². The molecule has 1 fully saturated rings. The van der Waals surface area contributed by atoms with Gasteiger partial charge >= 0.3 is 6.03 Å². The number of benzene rings is 2. The van der Waals surface area contributed by atoms with E-state index in [0.29, 0.717) is 38.2 Å². The van der Waals surface area contributed by atoms with Crippen LogP contribution in [-0.2, 0) is 17.8 Å². The second kappa shape index (κ2) is 9.42. The van der Waals surface area contributed by atoms with E-state index in [2.05, 4.69) is 16.0 Å². The van der Waals surface area contributed by atoms with Crippen LogP contribution in [0.3, 0.4) is 0 Å². The fourth-order valence-electron chi connectivity index (χ4n) is 5.35. The summed E-state index contributed by atoms with van der Waals surface area (Å²) in [6.45, 7) is 3.47. The van der Waals surface area contributed by atoms with E-state index in [0.717, 1.165) is 46.0 Å². The van der Waals surface area contributed by atoms with E-state index in [1.165, 1.54) is 12.1 Å². The first-order valence-corrected chi connectivity index (χ1v) is 12.6. The summed E-state index contributed by atoms with van der Waals surface area (Å²) >= 11 is 0. The molecule has 0 aliphatic carbocycles. The number of hydrogen-bond donors (Lipinski definition) is 0. The van der Waals surface area contributed by atoms with Gasteiger partial charge in [0.1, 0.15) is 24.0 Å². The Morgan fingerprint density at radius 2 is 2.00 bits per heavy atom. The summed E-state index contributed by atoms with van der Waals surface area (Å²) in [5.74, 6) is 0.446. The average molecular weight is 499 g/mol. The van der Waals surface area contributed by atoms with E-state index >= 15 is 0 Å². The molecule has 1 aromatic heterocycles. The summed E-state index contributed by atoms with van der Waals surface area (Å²) in [7, 11) is 0. The Balaban J connectivity index is 1.27. The minimum absolute atomic E-state index is 0.0787. The van der Waals surface area contributed by atoms with Crippen molar-refractivity contribution in [3.05, 3.63) is 77.4 Å². The molecule has 3 aliphatic heterocycles. The lowest BCUT2D eigenvalue weighted by molar-refractivity contribution is -0.122. The van der Waals surface area contributed by atoms with Crippen LogP contribution in [-0.4, -0.2) is 52.0 Å². The Hall–Kier alpha value is -4.07. The number of hydrogen-bond acceptors (Lipinski definition) is 5. The molecule has 3 aliphatic rings. The van der Waals surface area contributed by atoms with Crippen LogP contribution in [0.25, 0.3) is 11.1 Å². The topological polar surface area (TPSA) is 75.1 Å². The summed E-state index contributed by atoms with van der Waals surface area (Å²) < 4.78 is 20.0. The van der Waals surface area contributed by atoms with Gasteiger partial charge in [0.2, 0.25) is 0 Å². The van der Waals surface area contributed by atoms with Crippen LogP contribution < -0.4 is 4.74 Å². The number of aliphatic imine (C=N–C) groups is 1. The molecule has 7 nitrogen and oxygen atoms in total. The van der Waals surface area contributed by atoms with E-state index in [1.807, 2.05) is 31.3 Å². The van der Waals surface area contributed by atoms with Crippen molar-refractivity contribution in [2.45, 2.75) is 38.8 Å². The lowest BCUT2D eigenvalue weighted by Gasteiger charge is -2.38. The summed E-state index contributed by atoms with van der Waals surface area (Å²) in [6.07, 6.45) is 3.14. The van der Waals surface area contributed by atoms with Gasteiger partial charge in [-0.15, -0.1) is 0 Å². The molecule has 1 atom stereocenters. The van der Waals surface area contributed by atoms with Crippen LogP contribution in [0.15, 0.2) is 59.7 Å². The van der Waals surface area contributed by atoms with Crippen LogP contribution in [0.2, 0.25) is 0 Å². The number of urea groups is 1. The van der Waals surface area contributed by atoms with E-state index in [1.54, 1.807) is 21.9 Å². The normalized spacial score (nSPS) is 19.0. The van der Waals surface area contributed by atoms with Gasteiger partial charge in [-0.25, -0.2) is 9.18 Å². The molecule has 188 valence electrons. The zero-order valence-corrected chi connectivity index (χ0v) is 20.6. The number of pyridine rings is 1. The Morgan fingerprint density at radius 1 is 1.11 bits per heavy atom. The number of ketones is 1. The van der Waals surface area contributed by atoms with E-state index in [9.17, 15) is 14.0 Å². The number of carbonyl (C=O) groups is 2. The van der Waals surface area contributed by atoms with E-state index < -0.39 is 6.04 Å². The van der Waals surface area contributed by atoms with Crippen molar-refractivity contribution >= 4 is 23.2 Å². The van der Waals surface area contributed by atoms with Crippen molar-refractivity contribution in [3.8, 4) is 16.9 Å². The highest BCUT2D eigenvalue weighted by atomic mass is 19.1. The number of nitrogens with zero attached hydrogens (tertiary/aromatic N) is 4. The molecule has 37 heavy (non-hydrogen) atoms. The molecular formula is C29H27FN4O3. The maximum absolute atomic E-state index is 14.0. The van der Waals surface area contributed by atoms with Gasteiger partial charge in [-0.1, -0.05) is 18.2 Å². The molecule has 0 bridgehead atoms. The van der Waals surface area contributed by atoms with Crippen molar-refractivity contribution in [3.63, 3.8) is 0 Å². The summed E-state index contributed by atoms with van der Waals surface area (Å²) in [4.78, 5) is 38.7. The number of amides is 2. The van der Waals surface area contributed by atoms with Gasteiger partial charge in [-0.2, -0.15) is 0 Å². The molecule has 2 amide bonds. The first-order chi connectivity index (χ1) is 17.9. The van der Waals surface area contributed by atoms with Gasteiger partial charge in [0, 0.05) is 48.8 Å². The number of rotatable bonds is 2. The third-order valence-electron chi connectivity index (χ3n) is 7.23. The van der Waals surface area contributed by atoms with Gasteiger partial charge in [0.25, 0.3) is 0 Å². The Labute approximate surface area is 214 Å². The van der Waals surface area contributed by atoms with Crippen LogP contribution in [0.5, 0.6) is 5.75 Å². The fourth-order valence-corrected chi connectivity index (χ4v) is 5.35. The lowest BCUT2D eigenvalue weighted by Crippen LogP contribution is -2.48. The van der Waals surface area contributed by atoms with Crippen molar-refractivity contribution in [1.82, 2.24) is 14.8 Å². The van der Waals surface area contributed by atoms with Crippen LogP contribution in [0.4, 0.5) is 14.9 Å². The first kappa shape index (κ1) is 23.3. The Kier molecular flexibility index (Phi) is 5.94. The highest BCUT2D eigenvalue weighted by Crippen LogP contribution is 2.35. The molecule has 1 saturated heterocycles. The summed E-state index contributed by atoms with van der Waals surface area (Å²) in [5, 5.41) is 0. The molecular weight excluding hydrogens is 471 g/mol. The molecule has 3 aromatic rings. The van der Waals surface area contributed by atoms with E-state index in [4.69, 9.17) is 4.74 Å². The quantitative estimate of drug-likeness (QED) is 0.483. The zero-order valence-electron chi connectivity index (χ0n) is 20.6. The molecule has 6 rings (SSSR count). The maximum atomic E-state index is 14.0. The predicted molar refractivity (Wildman–Crippen MR) is 138 cm³/mol. The third-order valence-corrected chi connectivity index (χ3v) is 7.23. The number of fused-ring (bicyclic) bond motifs is 2. The van der Waals surface area contributed by atoms with Gasteiger partial charge < -0.3 is 14.5 Å². The van der Waals surface area contributed by atoms with Crippen molar-refractivity contribution < 1.29 is 18.7 Å². The molecule has 0 N–H and O–H groups in total. The largest absolute Gasteiger partial charge is 0.491 e. The first-order valence-electron chi connectivity index (χ1n) is 12.6. The van der Waals surface area contributed by atoms with Crippen LogP contribution in [0.1, 0.15) is 42.6 Å². The number of aromatic nitrogens is 1. The van der Waals surface area contributed by atoms with Gasteiger partial charge in [0.05, 0.1) is 30.5 Å². The highest BCUT2D eigenvalue weighted by Gasteiger charge is 2.35. The average Bonchev–Trinajstić information content (AvgIpc) is 3.13. The molecule has 8 heteroatoms. The van der Waals surface area contributed by atoms with Crippen molar-refractivity contribution in [1.29, 1.82) is 0 Å². The van der Waals surface area contributed by atoms with Crippen LogP contribution >= 0.6 is 0 Å². The number of likely N-dealkylation sites (tertiary alicyclic amines) is 1.